The fourth-order valence-corrected chi connectivity index (χ4v) is 2.04. The van der Waals surface area contributed by atoms with E-state index in [1.54, 1.807) is 0 Å². The number of carbonyl (C=O) groups excluding carboxylic acids is 1. The topological polar surface area (TPSA) is 72.5 Å². The fraction of sp³-hybridized carbons (Fsp3) is 0.900. The predicted molar refractivity (Wildman–Crippen MR) is 52.7 cm³/mol. The second kappa shape index (κ2) is 3.42. The maximum atomic E-state index is 10.8. The van der Waals surface area contributed by atoms with Crippen molar-refractivity contribution in [3.63, 3.8) is 0 Å². The Labute approximate surface area is 84.4 Å². The van der Waals surface area contributed by atoms with E-state index < -0.39 is 11.7 Å². The van der Waals surface area contributed by atoms with Gasteiger partial charge in [-0.05, 0) is 18.8 Å². The van der Waals surface area contributed by atoms with Crippen LogP contribution in [0, 0.1) is 11.3 Å². The molecule has 1 aliphatic carbocycles. The van der Waals surface area contributed by atoms with Crippen LogP contribution in [0.4, 0.5) is 4.79 Å². The minimum absolute atomic E-state index is 0.131. The number of ether oxygens (including phenoxy) is 1. The summed E-state index contributed by atoms with van der Waals surface area (Å²) in [5.41, 5.74) is 4.44. The fourth-order valence-electron chi connectivity index (χ4n) is 2.04. The van der Waals surface area contributed by atoms with E-state index in [2.05, 4.69) is 0 Å². The van der Waals surface area contributed by atoms with Crippen molar-refractivity contribution in [3.05, 3.63) is 0 Å². The summed E-state index contributed by atoms with van der Waals surface area (Å²) in [6.45, 7) is 6.20. The van der Waals surface area contributed by atoms with Crippen molar-refractivity contribution in [3.8, 4) is 0 Å². The van der Waals surface area contributed by atoms with Crippen molar-refractivity contribution in [1.29, 1.82) is 0 Å². The van der Waals surface area contributed by atoms with Gasteiger partial charge in [-0.2, -0.15) is 0 Å². The molecule has 3 N–H and O–H groups in total. The van der Waals surface area contributed by atoms with Crippen LogP contribution in [0.15, 0.2) is 0 Å². The van der Waals surface area contributed by atoms with Crippen LogP contribution in [-0.2, 0) is 4.74 Å². The van der Waals surface area contributed by atoms with Crippen molar-refractivity contribution >= 4 is 6.09 Å². The Bertz CT molecular complexity index is 226. The summed E-state index contributed by atoms with van der Waals surface area (Å²) >= 11 is 0. The summed E-state index contributed by atoms with van der Waals surface area (Å²) in [5.74, 6) is 0.244. The van der Waals surface area contributed by atoms with E-state index >= 15 is 0 Å². The molecule has 14 heavy (non-hydrogen) atoms. The number of rotatable bonds is 2. The first-order chi connectivity index (χ1) is 6.31. The van der Waals surface area contributed by atoms with E-state index in [-0.39, 0.29) is 17.9 Å². The molecule has 1 saturated carbocycles. The molecule has 4 nitrogen and oxygen atoms in total. The molecule has 0 spiro atoms. The lowest BCUT2D eigenvalue weighted by molar-refractivity contribution is -0.155. The SMILES string of the molecule is CC(C)(C)C1(OC(N)=O)CC(CO)C1. The van der Waals surface area contributed by atoms with Gasteiger partial charge in [-0.15, -0.1) is 0 Å². The van der Waals surface area contributed by atoms with Crippen molar-refractivity contribution in [1.82, 2.24) is 0 Å². The van der Waals surface area contributed by atoms with Gasteiger partial charge in [0.05, 0.1) is 0 Å². The van der Waals surface area contributed by atoms with Gasteiger partial charge in [-0.25, -0.2) is 4.79 Å². The number of nitrogens with two attached hydrogens (primary N) is 1. The van der Waals surface area contributed by atoms with E-state index in [1.807, 2.05) is 20.8 Å². The van der Waals surface area contributed by atoms with Gasteiger partial charge in [0, 0.05) is 12.0 Å². The molecule has 4 heteroatoms. The molecule has 0 radical (unpaired) electrons. The third kappa shape index (κ3) is 1.85. The lowest BCUT2D eigenvalue weighted by Gasteiger charge is -2.53. The normalized spacial score (nSPS) is 32.1. The molecular formula is C10H19NO3. The van der Waals surface area contributed by atoms with Crippen LogP contribution in [0.2, 0.25) is 0 Å². The first-order valence-electron chi connectivity index (χ1n) is 4.90. The number of aliphatic hydroxyl groups is 1. The zero-order valence-electron chi connectivity index (χ0n) is 9.04. The Morgan fingerprint density at radius 1 is 1.57 bits per heavy atom. The van der Waals surface area contributed by atoms with Gasteiger partial charge < -0.3 is 15.6 Å². The smallest absolute Gasteiger partial charge is 0.405 e. The molecule has 0 aliphatic heterocycles. The van der Waals surface area contributed by atoms with Crippen LogP contribution < -0.4 is 5.73 Å². The molecule has 0 bridgehead atoms. The molecule has 82 valence electrons. The zero-order valence-corrected chi connectivity index (χ0v) is 9.04. The molecular weight excluding hydrogens is 182 g/mol. The van der Waals surface area contributed by atoms with E-state index in [9.17, 15) is 4.79 Å². The monoisotopic (exact) mass is 201 g/mol. The Balaban J connectivity index is 2.70. The van der Waals surface area contributed by atoms with Crippen LogP contribution in [0.25, 0.3) is 0 Å². The maximum absolute atomic E-state index is 10.8. The Kier molecular flexibility index (Phi) is 2.76. The highest BCUT2D eigenvalue weighted by Gasteiger charge is 2.54. The van der Waals surface area contributed by atoms with Gasteiger partial charge in [0.25, 0.3) is 0 Å². The average molecular weight is 201 g/mol. The molecule has 0 aromatic heterocycles. The maximum Gasteiger partial charge on any atom is 0.405 e. The van der Waals surface area contributed by atoms with Crippen LogP contribution in [-0.4, -0.2) is 23.4 Å². The third-order valence-corrected chi connectivity index (χ3v) is 3.16. The van der Waals surface area contributed by atoms with Gasteiger partial charge in [0.15, 0.2) is 0 Å². The molecule has 1 fully saturated rings. The number of primary amides is 1. The summed E-state index contributed by atoms with van der Waals surface area (Å²) in [4.78, 5) is 10.8. The number of hydrogen-bond donors (Lipinski definition) is 2. The first kappa shape index (κ1) is 11.3. The third-order valence-electron chi connectivity index (χ3n) is 3.16. The largest absolute Gasteiger partial charge is 0.443 e. The summed E-state index contributed by atoms with van der Waals surface area (Å²) < 4.78 is 5.20. The summed E-state index contributed by atoms with van der Waals surface area (Å²) in [5, 5.41) is 8.95. The summed E-state index contributed by atoms with van der Waals surface area (Å²) in [6, 6.07) is 0. The minimum Gasteiger partial charge on any atom is -0.443 e. The predicted octanol–water partition coefficient (Wildman–Crippen LogP) is 1.27. The highest BCUT2D eigenvalue weighted by atomic mass is 16.6. The molecule has 0 saturated heterocycles. The molecule has 0 aromatic carbocycles. The van der Waals surface area contributed by atoms with Gasteiger partial charge in [0.1, 0.15) is 5.60 Å². The van der Waals surface area contributed by atoms with E-state index in [0.717, 1.165) is 0 Å². The van der Waals surface area contributed by atoms with E-state index in [0.29, 0.717) is 12.8 Å². The number of amides is 1. The van der Waals surface area contributed by atoms with E-state index in [1.165, 1.54) is 0 Å². The van der Waals surface area contributed by atoms with Gasteiger partial charge >= 0.3 is 6.09 Å². The van der Waals surface area contributed by atoms with Crippen LogP contribution in [0.5, 0.6) is 0 Å². The highest BCUT2D eigenvalue weighted by molar-refractivity contribution is 5.65. The quantitative estimate of drug-likeness (QED) is 0.706. The number of aliphatic hydroxyl groups excluding tert-OH is 1. The first-order valence-corrected chi connectivity index (χ1v) is 4.90. The van der Waals surface area contributed by atoms with Crippen LogP contribution >= 0.6 is 0 Å². The molecule has 0 aromatic rings. The van der Waals surface area contributed by atoms with Crippen LogP contribution in [0.3, 0.4) is 0 Å². The summed E-state index contributed by atoms with van der Waals surface area (Å²) in [6.07, 6.45) is 0.683. The number of hydrogen-bond acceptors (Lipinski definition) is 3. The Morgan fingerprint density at radius 3 is 2.36 bits per heavy atom. The lowest BCUT2D eigenvalue weighted by Crippen LogP contribution is -2.57. The highest BCUT2D eigenvalue weighted by Crippen LogP contribution is 2.51. The Hall–Kier alpha value is -0.770. The number of carbonyl (C=O) groups is 1. The Morgan fingerprint density at radius 2 is 2.07 bits per heavy atom. The zero-order chi connectivity index (χ0) is 11.0. The molecule has 1 rings (SSSR count). The van der Waals surface area contributed by atoms with Crippen LogP contribution in [0.1, 0.15) is 33.6 Å². The standard InChI is InChI=1S/C10H19NO3/c1-9(2,3)10(14-8(11)13)4-7(5-10)6-12/h7,12H,4-6H2,1-3H3,(H2,11,13). The van der Waals surface area contributed by atoms with Gasteiger partial charge in [-0.1, -0.05) is 20.8 Å². The minimum atomic E-state index is -0.726. The lowest BCUT2D eigenvalue weighted by atomic mass is 9.59. The van der Waals surface area contributed by atoms with Gasteiger partial charge in [-0.3, -0.25) is 0 Å². The van der Waals surface area contributed by atoms with Crippen molar-refractivity contribution < 1.29 is 14.6 Å². The second-order valence-corrected chi connectivity index (χ2v) is 5.12. The second-order valence-electron chi connectivity index (χ2n) is 5.12. The molecule has 0 atom stereocenters. The van der Waals surface area contributed by atoms with Crippen molar-refractivity contribution in [2.45, 2.75) is 39.2 Å². The van der Waals surface area contributed by atoms with Gasteiger partial charge in [0.2, 0.25) is 0 Å². The van der Waals surface area contributed by atoms with E-state index in [4.69, 9.17) is 15.6 Å². The molecule has 0 unspecified atom stereocenters. The summed E-state index contributed by atoms with van der Waals surface area (Å²) in [7, 11) is 0. The van der Waals surface area contributed by atoms with Crippen molar-refractivity contribution in [2.75, 3.05) is 6.61 Å². The van der Waals surface area contributed by atoms with Crippen molar-refractivity contribution in [2.24, 2.45) is 17.1 Å². The molecule has 1 amide bonds. The molecule has 1 aliphatic rings. The average Bonchev–Trinajstić information content (AvgIpc) is 1.92. The molecule has 0 heterocycles.